The molecule has 1 aromatic carbocycles. The molecule has 1 aromatic heterocycles. The Labute approximate surface area is 200 Å². The zero-order valence-electron chi connectivity index (χ0n) is 19.6. The van der Waals surface area contributed by atoms with Crippen LogP contribution >= 0.6 is 11.6 Å². The van der Waals surface area contributed by atoms with E-state index in [1.165, 1.54) is 12.8 Å². The smallest absolute Gasteiger partial charge is 0.409 e. The van der Waals surface area contributed by atoms with E-state index in [0.717, 1.165) is 85.3 Å². The Hall–Kier alpha value is -2.45. The fourth-order valence-electron chi connectivity index (χ4n) is 5.26. The van der Waals surface area contributed by atoms with Crippen LogP contribution in [-0.2, 0) is 28.9 Å². The number of anilines is 3. The molecule has 9 heteroatoms. The molecule has 3 aliphatic heterocycles. The Morgan fingerprint density at radius 1 is 1.21 bits per heavy atom. The monoisotopic (exact) mass is 473 g/mol. The van der Waals surface area contributed by atoms with Crippen molar-refractivity contribution in [3.8, 4) is 0 Å². The zero-order valence-corrected chi connectivity index (χ0v) is 20.4. The average molecular weight is 474 g/mol. The van der Waals surface area contributed by atoms with Crippen LogP contribution in [0, 0.1) is 0 Å². The first-order valence-corrected chi connectivity index (χ1v) is 12.2. The van der Waals surface area contributed by atoms with E-state index in [1.54, 1.807) is 4.90 Å². The van der Waals surface area contributed by atoms with Crippen molar-refractivity contribution in [3.05, 3.63) is 34.0 Å². The molecule has 4 heterocycles. The minimum absolute atomic E-state index is 0.292. The van der Waals surface area contributed by atoms with Crippen LogP contribution in [0.5, 0.6) is 0 Å². The number of hydrogen-bond acceptors (Lipinski definition) is 6. The van der Waals surface area contributed by atoms with Crippen LogP contribution in [-0.4, -0.2) is 67.8 Å². The Balaban J connectivity index is 1.61. The van der Waals surface area contributed by atoms with Crippen LogP contribution in [0.4, 0.5) is 22.0 Å². The number of likely N-dealkylation sites (N-methyl/N-ethyl adjacent to an activating group) is 1. The van der Waals surface area contributed by atoms with Gasteiger partial charge in [-0.1, -0.05) is 18.5 Å². The summed E-state index contributed by atoms with van der Waals surface area (Å²) in [5.41, 5.74) is 5.73. The van der Waals surface area contributed by atoms with Gasteiger partial charge in [-0.15, -0.1) is 0 Å². The van der Waals surface area contributed by atoms with Crippen molar-refractivity contribution in [2.75, 3.05) is 56.8 Å². The lowest BCUT2D eigenvalue weighted by atomic mass is 10.0. The lowest BCUT2D eigenvalue weighted by Crippen LogP contribution is -2.39. The van der Waals surface area contributed by atoms with Crippen molar-refractivity contribution in [1.29, 1.82) is 0 Å². The van der Waals surface area contributed by atoms with E-state index in [0.29, 0.717) is 19.1 Å². The molecule has 1 fully saturated rings. The average Bonchev–Trinajstić information content (AvgIpc) is 3.22. The highest BCUT2D eigenvalue weighted by atomic mass is 35.5. The lowest BCUT2D eigenvalue weighted by Gasteiger charge is -2.37. The molecule has 178 valence electrons. The van der Waals surface area contributed by atoms with Crippen molar-refractivity contribution in [2.24, 2.45) is 0 Å². The highest BCUT2D eigenvalue weighted by molar-refractivity contribution is 6.32. The van der Waals surface area contributed by atoms with Crippen molar-refractivity contribution < 1.29 is 14.3 Å². The summed E-state index contributed by atoms with van der Waals surface area (Å²) in [6, 6.07) is 4.60. The maximum absolute atomic E-state index is 12.4. The van der Waals surface area contributed by atoms with Gasteiger partial charge in [-0.25, -0.2) is 4.79 Å². The second-order valence-electron chi connectivity index (χ2n) is 9.04. The molecule has 3 aliphatic rings. The molecular formula is C24H32ClN5O3. The highest BCUT2D eigenvalue weighted by Crippen LogP contribution is 2.43. The van der Waals surface area contributed by atoms with Gasteiger partial charge in [0, 0.05) is 62.6 Å². The number of ether oxygens (including phenoxy) is 2. The summed E-state index contributed by atoms with van der Waals surface area (Å²) in [5, 5.41) is 5.98. The highest BCUT2D eigenvalue weighted by Gasteiger charge is 2.35. The molecule has 0 bridgehead atoms. The van der Waals surface area contributed by atoms with E-state index in [9.17, 15) is 4.79 Å². The number of methoxy groups -OCH3 is 1. The lowest BCUT2D eigenvalue weighted by molar-refractivity contribution is 0.0649. The van der Waals surface area contributed by atoms with Gasteiger partial charge in [-0.05, 0) is 37.0 Å². The van der Waals surface area contributed by atoms with Gasteiger partial charge >= 0.3 is 6.09 Å². The number of carbonyl (C=O) groups excluding carboxylic acids is 1. The molecule has 0 N–H and O–H groups in total. The van der Waals surface area contributed by atoms with E-state index in [2.05, 4.69) is 40.6 Å². The van der Waals surface area contributed by atoms with Crippen molar-refractivity contribution >= 4 is 34.9 Å². The predicted octanol–water partition coefficient (Wildman–Crippen LogP) is 4.16. The normalized spacial score (nSPS) is 18.8. The van der Waals surface area contributed by atoms with Gasteiger partial charge in [0.25, 0.3) is 0 Å². The minimum atomic E-state index is -0.292. The maximum atomic E-state index is 12.4. The van der Waals surface area contributed by atoms with Crippen LogP contribution in [0.15, 0.2) is 12.1 Å². The minimum Gasteiger partial charge on any atom is -0.453 e. The number of carbonyl (C=O) groups is 1. The number of benzene rings is 1. The summed E-state index contributed by atoms with van der Waals surface area (Å²) in [7, 11) is 3.56. The van der Waals surface area contributed by atoms with Crippen molar-refractivity contribution in [2.45, 2.75) is 45.2 Å². The third-order valence-corrected chi connectivity index (χ3v) is 7.53. The number of amides is 1. The van der Waals surface area contributed by atoms with Crippen molar-refractivity contribution in [1.82, 2.24) is 14.7 Å². The Morgan fingerprint density at radius 3 is 2.73 bits per heavy atom. The van der Waals surface area contributed by atoms with Crippen LogP contribution in [0.25, 0.3) is 0 Å². The van der Waals surface area contributed by atoms with Gasteiger partial charge in [0.15, 0.2) is 5.82 Å². The largest absolute Gasteiger partial charge is 0.453 e. The fraction of sp³-hybridized carbons (Fsp3) is 0.583. The van der Waals surface area contributed by atoms with Crippen LogP contribution in [0.1, 0.15) is 42.6 Å². The molecule has 0 unspecified atom stereocenters. The molecule has 0 saturated carbocycles. The molecule has 0 aliphatic carbocycles. The quantitative estimate of drug-likeness (QED) is 0.667. The molecule has 8 nitrogen and oxygen atoms in total. The van der Waals surface area contributed by atoms with Crippen LogP contribution in [0.2, 0.25) is 5.02 Å². The molecule has 0 atom stereocenters. The van der Waals surface area contributed by atoms with E-state index in [4.69, 9.17) is 26.2 Å². The topological polar surface area (TPSA) is 63.1 Å². The number of hydrogen-bond donors (Lipinski definition) is 0. The number of aryl methyl sites for hydroxylation is 1. The van der Waals surface area contributed by atoms with E-state index < -0.39 is 0 Å². The fourth-order valence-corrected chi connectivity index (χ4v) is 5.55. The van der Waals surface area contributed by atoms with E-state index in [1.807, 2.05) is 0 Å². The number of nitrogens with zero attached hydrogens (tertiary/aromatic N) is 5. The van der Waals surface area contributed by atoms with Gasteiger partial charge in [0.2, 0.25) is 0 Å². The molecule has 1 amide bonds. The first-order valence-electron chi connectivity index (χ1n) is 11.8. The van der Waals surface area contributed by atoms with Gasteiger partial charge < -0.3 is 24.2 Å². The number of aromatic nitrogens is 2. The zero-order chi connectivity index (χ0) is 23.1. The summed E-state index contributed by atoms with van der Waals surface area (Å²) in [4.78, 5) is 18.7. The van der Waals surface area contributed by atoms with Gasteiger partial charge in [-0.3, -0.25) is 4.68 Å². The second-order valence-corrected chi connectivity index (χ2v) is 9.44. The number of halogens is 1. The van der Waals surface area contributed by atoms with Gasteiger partial charge in [0.1, 0.15) is 0 Å². The summed E-state index contributed by atoms with van der Waals surface area (Å²) >= 11 is 6.66. The van der Waals surface area contributed by atoms with Crippen molar-refractivity contribution in [3.63, 3.8) is 0 Å². The molecule has 0 radical (unpaired) electrons. The number of rotatable bonds is 3. The predicted molar refractivity (Wildman–Crippen MR) is 129 cm³/mol. The first-order chi connectivity index (χ1) is 16.0. The molecule has 33 heavy (non-hydrogen) atoms. The Kier molecular flexibility index (Phi) is 6.14. The van der Waals surface area contributed by atoms with Crippen LogP contribution in [0.3, 0.4) is 0 Å². The van der Waals surface area contributed by atoms with E-state index >= 15 is 0 Å². The van der Waals surface area contributed by atoms with Gasteiger partial charge in [-0.2, -0.15) is 5.10 Å². The standard InChI is InChI=1S/C24H32ClN5O3/c1-4-16-13-21-22(14-19(16)25)29(10-9-27(21)2)23-18-15-28(24(31)32-3)8-5-20(18)30(26-23)17-6-11-33-12-7-17/h13-14,17H,4-12,15H2,1-3H3. The molecule has 2 aromatic rings. The van der Waals surface area contributed by atoms with Crippen LogP contribution < -0.4 is 9.80 Å². The van der Waals surface area contributed by atoms with Gasteiger partial charge in [0.05, 0.1) is 31.1 Å². The summed E-state index contributed by atoms with van der Waals surface area (Å²) < 4.78 is 12.9. The summed E-state index contributed by atoms with van der Waals surface area (Å²) in [6.45, 7) is 6.48. The maximum Gasteiger partial charge on any atom is 0.409 e. The SMILES string of the molecule is CCc1cc2c(cc1Cl)N(c1nn(C3CCOCC3)c3c1CN(C(=O)OC)CC3)CCN2C. The number of fused-ring (bicyclic) bond motifs is 2. The molecule has 1 saturated heterocycles. The Morgan fingerprint density at radius 2 is 2.00 bits per heavy atom. The summed E-state index contributed by atoms with van der Waals surface area (Å²) in [6.07, 6.45) is 3.28. The first kappa shape index (κ1) is 22.3. The molecule has 5 rings (SSSR count). The summed E-state index contributed by atoms with van der Waals surface area (Å²) in [5.74, 6) is 0.930. The third kappa shape index (κ3) is 3.93. The molecular weight excluding hydrogens is 442 g/mol. The van der Waals surface area contributed by atoms with E-state index in [-0.39, 0.29) is 6.09 Å². The molecule has 0 spiro atoms. The third-order valence-electron chi connectivity index (χ3n) is 7.18. The Bertz CT molecular complexity index is 1050. The second kappa shape index (κ2) is 9.06.